The van der Waals surface area contributed by atoms with Gasteiger partial charge in [-0.05, 0) is 35.9 Å². The highest BCUT2D eigenvalue weighted by molar-refractivity contribution is 6.29. The molecule has 0 spiro atoms. The van der Waals surface area contributed by atoms with Gasteiger partial charge in [0.05, 0.1) is 31.7 Å². The number of methoxy groups -OCH3 is 2. The first-order valence-corrected chi connectivity index (χ1v) is 8.05. The Labute approximate surface area is 151 Å². The molecule has 1 aromatic heterocycles. The number of hydrogen-bond donors (Lipinski definition) is 1. The van der Waals surface area contributed by atoms with E-state index in [1.54, 1.807) is 56.9 Å². The van der Waals surface area contributed by atoms with E-state index in [0.29, 0.717) is 28.5 Å². The zero-order valence-electron chi connectivity index (χ0n) is 14.6. The lowest BCUT2D eigenvalue weighted by atomic mass is 10.0. The highest BCUT2D eigenvalue weighted by atomic mass is 16.5. The SMILES string of the molecule is COc1ccc(OC)c(NC(=O)C(=Cc2ccco2)c2ccccc2)c1. The Bertz CT molecular complexity index is 899. The lowest BCUT2D eigenvalue weighted by molar-refractivity contribution is -0.111. The molecule has 0 aliphatic rings. The third-order valence-electron chi connectivity index (χ3n) is 3.81. The summed E-state index contributed by atoms with van der Waals surface area (Å²) in [5, 5.41) is 2.89. The van der Waals surface area contributed by atoms with Gasteiger partial charge in [-0.3, -0.25) is 4.79 Å². The first-order chi connectivity index (χ1) is 12.7. The topological polar surface area (TPSA) is 60.7 Å². The highest BCUT2D eigenvalue weighted by Crippen LogP contribution is 2.30. The van der Waals surface area contributed by atoms with Gasteiger partial charge >= 0.3 is 0 Å². The molecule has 132 valence electrons. The lowest BCUT2D eigenvalue weighted by Gasteiger charge is -2.13. The standard InChI is InChI=1S/C21H19NO4/c1-24-16-10-11-20(25-2)19(14-16)22-21(23)18(13-17-9-6-12-26-17)15-7-4-3-5-8-15/h3-14H,1-2H3,(H,22,23). The number of amides is 1. The smallest absolute Gasteiger partial charge is 0.256 e. The maximum atomic E-state index is 13.0. The van der Waals surface area contributed by atoms with E-state index in [1.165, 1.54) is 0 Å². The Morgan fingerprint density at radius 1 is 1.00 bits per heavy atom. The lowest BCUT2D eigenvalue weighted by Crippen LogP contribution is -2.14. The Hall–Kier alpha value is -3.47. The van der Waals surface area contributed by atoms with E-state index in [2.05, 4.69) is 5.32 Å². The summed E-state index contributed by atoms with van der Waals surface area (Å²) >= 11 is 0. The number of nitrogens with one attached hydrogen (secondary N) is 1. The van der Waals surface area contributed by atoms with Crippen LogP contribution in [-0.2, 0) is 4.79 Å². The van der Waals surface area contributed by atoms with Crippen molar-refractivity contribution in [1.82, 2.24) is 0 Å². The predicted octanol–water partition coefficient (Wildman–Crippen LogP) is 4.48. The second-order valence-corrected chi connectivity index (χ2v) is 5.46. The molecule has 1 amide bonds. The van der Waals surface area contributed by atoms with Gasteiger partial charge in [-0.15, -0.1) is 0 Å². The third-order valence-corrected chi connectivity index (χ3v) is 3.81. The number of hydrogen-bond acceptors (Lipinski definition) is 4. The zero-order chi connectivity index (χ0) is 18.4. The third kappa shape index (κ3) is 3.95. The maximum absolute atomic E-state index is 13.0. The molecule has 0 aliphatic heterocycles. The summed E-state index contributed by atoms with van der Waals surface area (Å²) in [4.78, 5) is 13.0. The van der Waals surface area contributed by atoms with Crippen molar-refractivity contribution in [3.05, 3.63) is 78.3 Å². The van der Waals surface area contributed by atoms with E-state index >= 15 is 0 Å². The van der Waals surface area contributed by atoms with E-state index in [-0.39, 0.29) is 5.91 Å². The molecular formula is C21H19NO4. The molecule has 0 atom stereocenters. The van der Waals surface area contributed by atoms with Crippen LogP contribution in [0.1, 0.15) is 11.3 Å². The molecule has 0 bridgehead atoms. The highest BCUT2D eigenvalue weighted by Gasteiger charge is 2.16. The number of carbonyl (C=O) groups is 1. The van der Waals surface area contributed by atoms with Crippen LogP contribution in [0.3, 0.4) is 0 Å². The molecule has 0 radical (unpaired) electrons. The van der Waals surface area contributed by atoms with Crippen LogP contribution >= 0.6 is 0 Å². The van der Waals surface area contributed by atoms with Crippen molar-refractivity contribution >= 4 is 23.2 Å². The average Bonchev–Trinajstić information content (AvgIpc) is 3.20. The van der Waals surface area contributed by atoms with E-state index < -0.39 is 0 Å². The van der Waals surface area contributed by atoms with Crippen molar-refractivity contribution in [3.8, 4) is 11.5 Å². The van der Waals surface area contributed by atoms with Crippen molar-refractivity contribution in [2.24, 2.45) is 0 Å². The summed E-state index contributed by atoms with van der Waals surface area (Å²) in [5.41, 5.74) is 1.78. The van der Waals surface area contributed by atoms with Gasteiger partial charge < -0.3 is 19.2 Å². The summed E-state index contributed by atoms with van der Waals surface area (Å²) in [6.07, 6.45) is 3.27. The minimum absolute atomic E-state index is 0.279. The molecule has 0 saturated heterocycles. The molecule has 0 aliphatic carbocycles. The van der Waals surface area contributed by atoms with Crippen LogP contribution in [0.4, 0.5) is 5.69 Å². The molecule has 3 aromatic rings. The second-order valence-electron chi connectivity index (χ2n) is 5.46. The molecule has 1 heterocycles. The van der Waals surface area contributed by atoms with E-state index in [1.807, 2.05) is 30.3 Å². The van der Waals surface area contributed by atoms with Gasteiger partial charge in [0.25, 0.3) is 5.91 Å². The number of benzene rings is 2. The summed E-state index contributed by atoms with van der Waals surface area (Å²) in [5.74, 6) is 1.48. The van der Waals surface area contributed by atoms with Crippen LogP contribution in [0, 0.1) is 0 Å². The van der Waals surface area contributed by atoms with E-state index in [0.717, 1.165) is 5.56 Å². The van der Waals surface area contributed by atoms with Gasteiger partial charge in [-0.25, -0.2) is 0 Å². The maximum Gasteiger partial charge on any atom is 0.256 e. The fraction of sp³-hybridized carbons (Fsp3) is 0.0952. The fourth-order valence-electron chi connectivity index (χ4n) is 2.51. The van der Waals surface area contributed by atoms with Gasteiger partial charge in [0.2, 0.25) is 0 Å². The molecule has 0 saturated carbocycles. The van der Waals surface area contributed by atoms with Gasteiger partial charge in [-0.1, -0.05) is 30.3 Å². The molecule has 3 rings (SSSR count). The molecule has 5 heteroatoms. The van der Waals surface area contributed by atoms with Crippen LogP contribution in [-0.4, -0.2) is 20.1 Å². The largest absolute Gasteiger partial charge is 0.497 e. The van der Waals surface area contributed by atoms with Crippen molar-refractivity contribution in [2.45, 2.75) is 0 Å². The number of carbonyl (C=O) groups excluding carboxylic acids is 1. The predicted molar refractivity (Wildman–Crippen MR) is 101 cm³/mol. The molecule has 26 heavy (non-hydrogen) atoms. The Morgan fingerprint density at radius 3 is 2.46 bits per heavy atom. The van der Waals surface area contributed by atoms with Gasteiger partial charge in [-0.2, -0.15) is 0 Å². The van der Waals surface area contributed by atoms with Crippen molar-refractivity contribution in [3.63, 3.8) is 0 Å². The fourth-order valence-corrected chi connectivity index (χ4v) is 2.51. The van der Waals surface area contributed by atoms with Gasteiger partial charge in [0, 0.05) is 6.07 Å². The first-order valence-electron chi connectivity index (χ1n) is 8.05. The number of rotatable bonds is 6. The summed E-state index contributed by atoms with van der Waals surface area (Å²) in [7, 11) is 3.12. The van der Waals surface area contributed by atoms with Crippen molar-refractivity contribution in [1.29, 1.82) is 0 Å². The van der Waals surface area contributed by atoms with Crippen LogP contribution in [0.5, 0.6) is 11.5 Å². The van der Waals surface area contributed by atoms with E-state index in [9.17, 15) is 4.79 Å². The zero-order valence-corrected chi connectivity index (χ0v) is 14.6. The first kappa shape index (κ1) is 17.4. The van der Waals surface area contributed by atoms with Gasteiger partial charge in [0.15, 0.2) is 0 Å². The Kier molecular flexibility index (Phi) is 5.39. The summed E-state index contributed by atoms with van der Waals surface area (Å²) in [6.45, 7) is 0. The quantitative estimate of drug-likeness (QED) is 0.667. The minimum Gasteiger partial charge on any atom is -0.497 e. The molecule has 2 aromatic carbocycles. The number of anilines is 1. The number of ether oxygens (including phenoxy) is 2. The number of furan rings is 1. The van der Waals surface area contributed by atoms with Crippen molar-refractivity contribution < 1.29 is 18.7 Å². The second kappa shape index (κ2) is 8.07. The van der Waals surface area contributed by atoms with Crippen LogP contribution in [0.25, 0.3) is 11.6 Å². The van der Waals surface area contributed by atoms with Crippen molar-refractivity contribution in [2.75, 3.05) is 19.5 Å². The summed E-state index contributed by atoms with van der Waals surface area (Å²) in [6, 6.07) is 18.2. The molecular weight excluding hydrogens is 330 g/mol. The minimum atomic E-state index is -0.279. The molecule has 1 N–H and O–H groups in total. The van der Waals surface area contributed by atoms with Crippen LogP contribution in [0.2, 0.25) is 0 Å². The normalized spacial score (nSPS) is 11.1. The molecule has 5 nitrogen and oxygen atoms in total. The molecule has 0 fully saturated rings. The Balaban J connectivity index is 1.97. The van der Waals surface area contributed by atoms with Crippen LogP contribution in [0.15, 0.2) is 71.3 Å². The van der Waals surface area contributed by atoms with E-state index in [4.69, 9.17) is 13.9 Å². The summed E-state index contributed by atoms with van der Waals surface area (Å²) < 4.78 is 15.9. The molecule has 0 unspecified atom stereocenters. The van der Waals surface area contributed by atoms with Gasteiger partial charge in [0.1, 0.15) is 17.3 Å². The van der Waals surface area contributed by atoms with Crippen LogP contribution < -0.4 is 14.8 Å². The monoisotopic (exact) mass is 349 g/mol. The average molecular weight is 349 g/mol. The Morgan fingerprint density at radius 2 is 1.81 bits per heavy atom.